The van der Waals surface area contributed by atoms with Gasteiger partial charge < -0.3 is 19.4 Å². The maximum atomic E-state index is 13.1. The van der Waals surface area contributed by atoms with E-state index in [1.165, 1.54) is 31.4 Å². The first-order chi connectivity index (χ1) is 12.3. The minimum absolute atomic E-state index is 0. The van der Waals surface area contributed by atoms with Crippen LogP contribution in [0.2, 0.25) is 0 Å². The zero-order chi connectivity index (χ0) is 19.3. The van der Waals surface area contributed by atoms with E-state index in [0.29, 0.717) is 13.1 Å². The van der Waals surface area contributed by atoms with Crippen LogP contribution in [0.15, 0.2) is 34.9 Å². The van der Waals surface area contributed by atoms with Crippen molar-refractivity contribution >= 4 is 24.3 Å². The van der Waals surface area contributed by atoms with Gasteiger partial charge in [0.15, 0.2) is 5.76 Å². The number of carbonyl (C=O) groups is 2. The van der Waals surface area contributed by atoms with E-state index in [-0.39, 0.29) is 34.7 Å². The van der Waals surface area contributed by atoms with Crippen LogP contribution in [0.4, 0.5) is 8.78 Å². The third-order valence-corrected chi connectivity index (χ3v) is 3.67. The van der Waals surface area contributed by atoms with E-state index in [4.69, 9.17) is 4.42 Å². The summed E-state index contributed by atoms with van der Waals surface area (Å²) in [6, 6.07) is 5.56. The number of halogens is 3. The van der Waals surface area contributed by atoms with Crippen LogP contribution >= 0.6 is 12.4 Å². The number of esters is 1. The van der Waals surface area contributed by atoms with Gasteiger partial charge >= 0.3 is 5.97 Å². The smallest absolute Gasteiger partial charge is 0.337 e. The number of benzene rings is 1. The van der Waals surface area contributed by atoms with E-state index in [1.807, 2.05) is 19.0 Å². The molecule has 2 rings (SSSR count). The third kappa shape index (κ3) is 5.77. The predicted molar refractivity (Wildman–Crippen MR) is 98.6 cm³/mol. The molecule has 1 N–H and O–H groups in total. The Labute approximate surface area is 161 Å². The lowest BCUT2D eigenvalue weighted by Gasteiger charge is -2.12. The fourth-order valence-electron chi connectivity index (χ4n) is 2.37. The van der Waals surface area contributed by atoms with E-state index < -0.39 is 24.1 Å². The summed E-state index contributed by atoms with van der Waals surface area (Å²) in [6.07, 6.45) is -1.68. The van der Waals surface area contributed by atoms with Crippen LogP contribution in [0, 0.1) is 0 Å². The van der Waals surface area contributed by atoms with E-state index in [2.05, 4.69) is 10.1 Å². The third-order valence-electron chi connectivity index (χ3n) is 3.67. The molecule has 9 heteroatoms. The van der Waals surface area contributed by atoms with Crippen molar-refractivity contribution in [1.82, 2.24) is 10.2 Å². The number of nitrogens with zero attached hydrogens (tertiary/aromatic N) is 1. The summed E-state index contributed by atoms with van der Waals surface area (Å²) in [5.74, 6) is -1.61. The molecule has 0 aliphatic heterocycles. The lowest BCUT2D eigenvalue weighted by Crippen LogP contribution is -2.31. The van der Waals surface area contributed by atoms with E-state index in [0.717, 1.165) is 6.26 Å². The molecule has 1 amide bonds. The summed E-state index contributed by atoms with van der Waals surface area (Å²) in [7, 11) is 4.94. The molecular formula is C18H21ClF2N2O4. The minimum Gasteiger partial charge on any atom is -0.465 e. The highest BCUT2D eigenvalue weighted by Gasteiger charge is 2.21. The summed E-state index contributed by atoms with van der Waals surface area (Å²) in [5.41, 5.74) is 0.648. The topological polar surface area (TPSA) is 71.8 Å². The second kappa shape index (κ2) is 10.0. The number of hydrogen-bond donors (Lipinski definition) is 1. The standard InChI is InChI=1S/C18H20F2N2O4.ClH/c1-22(2)6-5-21-17(23)12-8-11(9-13(10-12)18(24)25-3)14-4-7-26-15(14)16(19)20;/h4,7-10,16H,5-6H2,1-3H3,(H,21,23);1H. The van der Waals surface area contributed by atoms with Gasteiger partial charge in [0.05, 0.1) is 18.9 Å². The maximum absolute atomic E-state index is 13.1. The van der Waals surface area contributed by atoms with Gasteiger partial charge in [-0.1, -0.05) is 0 Å². The van der Waals surface area contributed by atoms with Crippen molar-refractivity contribution in [2.45, 2.75) is 6.43 Å². The predicted octanol–water partition coefficient (Wildman–Crippen LogP) is 3.38. The Kier molecular flexibility index (Phi) is 8.39. The molecule has 0 atom stereocenters. The van der Waals surface area contributed by atoms with Gasteiger partial charge in [0.25, 0.3) is 12.3 Å². The lowest BCUT2D eigenvalue weighted by molar-refractivity contribution is 0.0600. The van der Waals surface area contributed by atoms with E-state index >= 15 is 0 Å². The fraction of sp³-hybridized carbons (Fsp3) is 0.333. The number of rotatable bonds is 7. The van der Waals surface area contributed by atoms with E-state index in [1.54, 1.807) is 0 Å². The molecule has 6 nitrogen and oxygen atoms in total. The number of likely N-dealkylation sites (N-methyl/N-ethyl adjacent to an activating group) is 1. The van der Waals surface area contributed by atoms with Crippen molar-refractivity contribution in [3.05, 3.63) is 47.4 Å². The van der Waals surface area contributed by atoms with Crippen LogP contribution in [0.5, 0.6) is 0 Å². The lowest BCUT2D eigenvalue weighted by atomic mass is 9.99. The molecule has 0 saturated carbocycles. The normalized spacial score (nSPS) is 10.6. The zero-order valence-electron chi connectivity index (χ0n) is 15.1. The largest absolute Gasteiger partial charge is 0.465 e. The number of furan rings is 1. The monoisotopic (exact) mass is 402 g/mol. The number of alkyl halides is 2. The zero-order valence-corrected chi connectivity index (χ0v) is 15.9. The summed E-state index contributed by atoms with van der Waals surface area (Å²) in [5, 5.41) is 2.72. The Morgan fingerprint density at radius 2 is 1.89 bits per heavy atom. The SMILES string of the molecule is COC(=O)c1cc(C(=O)NCCN(C)C)cc(-c2ccoc2C(F)F)c1.Cl. The Balaban J connectivity index is 0.00000364. The van der Waals surface area contributed by atoms with Gasteiger partial charge in [-0.2, -0.15) is 0 Å². The Morgan fingerprint density at radius 1 is 1.22 bits per heavy atom. The second-order valence-corrected chi connectivity index (χ2v) is 5.85. The molecule has 2 aromatic rings. The first-order valence-electron chi connectivity index (χ1n) is 7.85. The average molecular weight is 403 g/mol. The maximum Gasteiger partial charge on any atom is 0.337 e. The molecule has 1 aromatic carbocycles. The molecular weight excluding hydrogens is 382 g/mol. The Bertz CT molecular complexity index is 793. The Hall–Kier alpha value is -2.45. The molecule has 0 bridgehead atoms. The highest BCUT2D eigenvalue weighted by Crippen LogP contribution is 2.33. The van der Waals surface area contributed by atoms with Crippen LogP contribution in [-0.2, 0) is 4.74 Å². The van der Waals surface area contributed by atoms with Crippen molar-refractivity contribution in [2.24, 2.45) is 0 Å². The van der Waals surface area contributed by atoms with Crippen LogP contribution in [-0.4, -0.2) is 51.1 Å². The number of methoxy groups -OCH3 is 1. The molecule has 1 heterocycles. The van der Waals surface area contributed by atoms with Gasteiger partial charge in [-0.3, -0.25) is 4.79 Å². The van der Waals surface area contributed by atoms with Crippen LogP contribution in [0.25, 0.3) is 11.1 Å². The highest BCUT2D eigenvalue weighted by atomic mass is 35.5. The highest BCUT2D eigenvalue weighted by molar-refractivity contribution is 6.00. The van der Waals surface area contributed by atoms with Gasteiger partial charge in [-0.25, -0.2) is 13.6 Å². The number of amides is 1. The number of carbonyl (C=O) groups excluding carboxylic acids is 2. The Morgan fingerprint density at radius 3 is 2.48 bits per heavy atom. The molecule has 0 saturated heterocycles. The van der Waals surface area contributed by atoms with Crippen LogP contribution in [0.1, 0.15) is 32.9 Å². The van der Waals surface area contributed by atoms with Gasteiger partial charge in [-0.15, -0.1) is 12.4 Å². The van der Waals surface area contributed by atoms with Gasteiger partial charge in [0.2, 0.25) is 0 Å². The van der Waals surface area contributed by atoms with Gasteiger partial charge in [-0.05, 0) is 43.9 Å². The summed E-state index contributed by atoms with van der Waals surface area (Å²) >= 11 is 0. The van der Waals surface area contributed by atoms with Gasteiger partial charge in [0, 0.05) is 24.2 Å². The van der Waals surface area contributed by atoms with Gasteiger partial charge in [0.1, 0.15) is 0 Å². The molecule has 0 spiro atoms. The number of ether oxygens (including phenoxy) is 1. The summed E-state index contributed by atoms with van der Waals surface area (Å²) < 4.78 is 35.7. The molecule has 0 aliphatic rings. The minimum atomic E-state index is -2.82. The molecule has 0 aliphatic carbocycles. The summed E-state index contributed by atoms with van der Waals surface area (Å²) in [6.45, 7) is 1.03. The number of hydrogen-bond acceptors (Lipinski definition) is 5. The molecule has 1 aromatic heterocycles. The fourth-order valence-corrected chi connectivity index (χ4v) is 2.37. The quantitative estimate of drug-likeness (QED) is 0.719. The van der Waals surface area contributed by atoms with Crippen molar-refractivity contribution in [2.75, 3.05) is 34.3 Å². The molecule has 0 fully saturated rings. The molecule has 27 heavy (non-hydrogen) atoms. The summed E-state index contributed by atoms with van der Waals surface area (Å²) in [4.78, 5) is 26.2. The molecule has 0 radical (unpaired) electrons. The van der Waals surface area contributed by atoms with Crippen molar-refractivity contribution in [3.8, 4) is 11.1 Å². The second-order valence-electron chi connectivity index (χ2n) is 5.85. The molecule has 148 valence electrons. The molecule has 0 unspecified atom stereocenters. The number of nitrogens with one attached hydrogen (secondary N) is 1. The average Bonchev–Trinajstić information content (AvgIpc) is 3.10. The van der Waals surface area contributed by atoms with Crippen molar-refractivity contribution < 1.29 is 27.5 Å². The van der Waals surface area contributed by atoms with Crippen LogP contribution in [0.3, 0.4) is 0 Å². The first kappa shape index (κ1) is 22.6. The van der Waals surface area contributed by atoms with Crippen LogP contribution < -0.4 is 5.32 Å². The first-order valence-corrected chi connectivity index (χ1v) is 7.85. The van der Waals surface area contributed by atoms with Crippen molar-refractivity contribution in [3.63, 3.8) is 0 Å². The van der Waals surface area contributed by atoms with E-state index in [9.17, 15) is 18.4 Å². The van der Waals surface area contributed by atoms with Crippen molar-refractivity contribution in [1.29, 1.82) is 0 Å².